The Hall–Kier alpha value is -10.9. The van der Waals surface area contributed by atoms with E-state index in [0.717, 1.165) is 155 Å². The van der Waals surface area contributed by atoms with Crippen molar-refractivity contribution in [3.63, 3.8) is 0 Å². The molecule has 0 radical (unpaired) electrons. The molecule has 3 aromatic heterocycles. The quantitative estimate of drug-likeness (QED) is 0.128. The Bertz CT molecular complexity index is 5200. The van der Waals surface area contributed by atoms with E-state index in [2.05, 4.69) is 303 Å². The van der Waals surface area contributed by atoms with Crippen LogP contribution in [0.15, 0.2) is 292 Å². The van der Waals surface area contributed by atoms with E-state index < -0.39 is 0 Å². The maximum absolute atomic E-state index is 7.54. The Balaban J connectivity index is 1.03. The van der Waals surface area contributed by atoms with E-state index in [1.165, 1.54) is 11.1 Å². The maximum Gasteiger partial charge on any atom is 0.162 e. The number of para-hydroxylation sites is 5. The van der Waals surface area contributed by atoms with Crippen molar-refractivity contribution in [1.29, 1.82) is 0 Å². The van der Waals surface area contributed by atoms with Gasteiger partial charge in [-0.05, 0) is 101 Å². The summed E-state index contributed by atoms with van der Waals surface area (Å²) in [4.78, 5) is 4.81. The van der Waals surface area contributed by atoms with Crippen LogP contribution in [0.2, 0.25) is 0 Å². The van der Waals surface area contributed by atoms with Gasteiger partial charge in [0.05, 0.1) is 28.1 Å². The van der Waals surface area contributed by atoms with Gasteiger partial charge < -0.3 is 23.1 Å². The number of furan rings is 3. The first kappa shape index (κ1) is 48.1. The van der Waals surface area contributed by atoms with E-state index in [9.17, 15) is 0 Å². The van der Waals surface area contributed by atoms with Crippen LogP contribution in [-0.4, -0.2) is 0 Å². The molecule has 0 aliphatic rings. The number of hydrogen-bond donors (Lipinski definition) is 0. The maximum atomic E-state index is 7.54. The van der Waals surface area contributed by atoms with Crippen molar-refractivity contribution in [2.45, 2.75) is 13.8 Å². The minimum Gasteiger partial charge on any atom is -0.454 e. The third kappa shape index (κ3) is 7.77. The average Bonchev–Trinajstić information content (AvgIpc) is 2.42. The third-order valence-corrected chi connectivity index (χ3v) is 16.7. The Morgan fingerprint density at radius 2 is 0.627 bits per heavy atom. The summed E-state index contributed by atoms with van der Waals surface area (Å²) in [6.07, 6.45) is 0. The van der Waals surface area contributed by atoms with E-state index in [1.54, 1.807) is 0 Å². The predicted octanol–water partition coefficient (Wildman–Crippen LogP) is 22.8. The number of anilines is 6. The van der Waals surface area contributed by atoms with Gasteiger partial charge in [0.1, 0.15) is 16.7 Å². The molecule has 0 saturated heterocycles. The fourth-order valence-electron chi connectivity index (χ4n) is 12.9. The molecular weight excluding hydrogens is 1010 g/mol. The Morgan fingerprint density at radius 3 is 1.14 bits per heavy atom. The first-order valence-electron chi connectivity index (χ1n) is 28.3. The Labute approximate surface area is 479 Å². The van der Waals surface area contributed by atoms with Gasteiger partial charge in [0.2, 0.25) is 0 Å². The van der Waals surface area contributed by atoms with Crippen molar-refractivity contribution in [3.8, 4) is 44.5 Å². The van der Waals surface area contributed by atoms with Crippen LogP contribution < -0.4 is 9.80 Å². The SMILES string of the molecule is Cc1ccccc1-c1cccc2c1oc1c(N(c3cccc(-c4ccccc4)c3)c3c4ccccc4c(N(c4cccc(-c5ccccc5)c4)c4cccc5c4oc4c(-c6ccccc6C)cccc45)c4c3oc3ccccc34)cccc12. The molecule has 5 nitrogen and oxygen atoms in total. The molecule has 83 heavy (non-hydrogen) atoms. The van der Waals surface area contributed by atoms with E-state index >= 15 is 0 Å². The van der Waals surface area contributed by atoms with Crippen molar-refractivity contribution in [1.82, 2.24) is 0 Å². The zero-order valence-electron chi connectivity index (χ0n) is 45.7. The first-order valence-corrected chi connectivity index (χ1v) is 28.3. The van der Waals surface area contributed by atoms with Crippen molar-refractivity contribution < 1.29 is 13.3 Å². The van der Waals surface area contributed by atoms with E-state index in [4.69, 9.17) is 13.3 Å². The van der Waals surface area contributed by atoms with E-state index in [0.29, 0.717) is 0 Å². The number of benzene rings is 13. The molecule has 0 bridgehead atoms. The lowest BCUT2D eigenvalue weighted by Crippen LogP contribution is -2.14. The van der Waals surface area contributed by atoms with Crippen LogP contribution in [0.4, 0.5) is 34.1 Å². The normalized spacial score (nSPS) is 11.7. The summed E-state index contributed by atoms with van der Waals surface area (Å²) in [6.45, 7) is 4.33. The molecular formula is C78H52N2O3. The monoisotopic (exact) mass is 1060 g/mol. The number of rotatable bonds is 10. The van der Waals surface area contributed by atoms with Crippen LogP contribution in [0.25, 0.3) is 121 Å². The number of fused-ring (bicyclic) bond motifs is 10. The second-order valence-electron chi connectivity index (χ2n) is 21.6. The topological polar surface area (TPSA) is 45.9 Å². The number of hydrogen-bond acceptors (Lipinski definition) is 5. The van der Waals surface area contributed by atoms with Gasteiger partial charge in [-0.2, -0.15) is 0 Å². The fourth-order valence-corrected chi connectivity index (χ4v) is 12.9. The van der Waals surface area contributed by atoms with Gasteiger partial charge in [-0.25, -0.2) is 0 Å². The average molecular weight is 1070 g/mol. The fraction of sp³-hybridized carbons (Fsp3) is 0.0256. The van der Waals surface area contributed by atoms with Crippen LogP contribution in [0.1, 0.15) is 11.1 Å². The van der Waals surface area contributed by atoms with Gasteiger partial charge in [-0.15, -0.1) is 0 Å². The molecule has 0 fully saturated rings. The van der Waals surface area contributed by atoms with Gasteiger partial charge in [0.25, 0.3) is 0 Å². The highest BCUT2D eigenvalue weighted by molar-refractivity contribution is 6.30. The summed E-state index contributed by atoms with van der Waals surface area (Å²) < 4.78 is 22.3. The summed E-state index contributed by atoms with van der Waals surface area (Å²) >= 11 is 0. The largest absolute Gasteiger partial charge is 0.454 e. The third-order valence-electron chi connectivity index (χ3n) is 16.7. The molecule has 0 N–H and O–H groups in total. The van der Waals surface area contributed by atoms with Crippen LogP contribution in [0.3, 0.4) is 0 Å². The lowest BCUT2D eigenvalue weighted by Gasteiger charge is -2.31. The number of nitrogens with zero attached hydrogens (tertiary/aromatic N) is 2. The van der Waals surface area contributed by atoms with Crippen LogP contribution in [0.5, 0.6) is 0 Å². The Morgan fingerprint density at radius 1 is 0.253 bits per heavy atom. The lowest BCUT2D eigenvalue weighted by molar-refractivity contribution is 0.667. The summed E-state index contributed by atoms with van der Waals surface area (Å²) in [5, 5.41) is 8.09. The molecule has 0 aliphatic carbocycles. The summed E-state index contributed by atoms with van der Waals surface area (Å²) in [7, 11) is 0. The minimum absolute atomic E-state index is 0.724. The molecule has 0 aliphatic heterocycles. The summed E-state index contributed by atoms with van der Waals surface area (Å²) in [5.41, 5.74) is 21.4. The molecule has 0 amide bonds. The van der Waals surface area contributed by atoms with Crippen molar-refractivity contribution in [2.24, 2.45) is 0 Å². The smallest absolute Gasteiger partial charge is 0.162 e. The van der Waals surface area contributed by atoms with E-state index in [1.807, 2.05) is 0 Å². The van der Waals surface area contributed by atoms with Gasteiger partial charge in [0.15, 0.2) is 16.7 Å². The molecule has 16 aromatic rings. The zero-order chi connectivity index (χ0) is 55.1. The lowest BCUT2D eigenvalue weighted by atomic mass is 9.96. The van der Waals surface area contributed by atoms with Crippen LogP contribution >= 0.6 is 0 Å². The highest BCUT2D eigenvalue weighted by Gasteiger charge is 2.32. The molecule has 0 unspecified atom stereocenters. The van der Waals surface area contributed by atoms with Crippen LogP contribution in [0, 0.1) is 13.8 Å². The predicted molar refractivity (Wildman–Crippen MR) is 346 cm³/mol. The molecule has 3 heterocycles. The zero-order valence-corrected chi connectivity index (χ0v) is 45.7. The minimum atomic E-state index is 0.724. The van der Waals surface area contributed by atoms with E-state index in [-0.39, 0.29) is 0 Å². The highest BCUT2D eigenvalue weighted by Crippen LogP contribution is 2.56. The first-order chi connectivity index (χ1) is 41.0. The van der Waals surface area contributed by atoms with Gasteiger partial charge in [-0.1, -0.05) is 237 Å². The number of aryl methyl sites for hydroxylation is 2. The second kappa shape index (κ2) is 19.4. The molecule has 392 valence electrons. The molecule has 0 spiro atoms. The molecule has 5 heteroatoms. The molecule has 16 rings (SSSR count). The highest BCUT2D eigenvalue weighted by atomic mass is 16.3. The second-order valence-corrected chi connectivity index (χ2v) is 21.6. The van der Waals surface area contributed by atoms with Crippen LogP contribution in [-0.2, 0) is 0 Å². The van der Waals surface area contributed by atoms with Gasteiger partial charge in [0, 0.05) is 60.2 Å². The van der Waals surface area contributed by atoms with Gasteiger partial charge >= 0.3 is 0 Å². The van der Waals surface area contributed by atoms with Gasteiger partial charge in [-0.3, -0.25) is 0 Å². The van der Waals surface area contributed by atoms with Crippen molar-refractivity contribution >= 4 is 111 Å². The molecule has 0 saturated carbocycles. The molecule has 13 aromatic carbocycles. The summed E-state index contributed by atoms with van der Waals surface area (Å²) in [5.74, 6) is 0. The standard InChI is InChI=1S/C78H52N2O3/c1-49-23-9-11-33-57(49)61-38-19-40-63-65-42-21-44-68(76(65)82-74(61)63)79(55-31-17-29-53(47-55)51-25-5-3-6-26-51)72-59-35-13-14-36-60(59)73(78-71(72)67-37-15-16-46-70(67)81-78)80(56-32-18-30-54(48-56)52-27-7-4-8-28-52)69-45-22-43-66-64-41-20-39-62(75(64)83-77(66)69)58-34-12-10-24-50(58)2/h3-48H,1-2H3. The van der Waals surface area contributed by atoms with Crippen molar-refractivity contribution in [3.05, 3.63) is 290 Å². The molecule has 0 atom stereocenters. The Kier molecular flexibility index (Phi) is 11.3. The van der Waals surface area contributed by atoms with Crippen molar-refractivity contribution in [2.75, 3.05) is 9.80 Å². The summed E-state index contributed by atoms with van der Waals surface area (Å²) in [6, 6.07) is 99.5.